The van der Waals surface area contributed by atoms with Crippen molar-refractivity contribution in [2.24, 2.45) is 5.41 Å². The number of halogens is 3. The quantitative estimate of drug-likeness (QED) is 0.372. The topological polar surface area (TPSA) is 0 Å². The molecule has 0 aromatic rings. The van der Waals surface area contributed by atoms with Crippen molar-refractivity contribution in [1.29, 1.82) is 0 Å². The normalized spacial score (nSPS) is 18.3. The first kappa shape index (κ1) is 21.1. The summed E-state index contributed by atoms with van der Waals surface area (Å²) in [5, 5.41) is 0. The molecule has 0 amide bonds. The molecule has 14 heavy (non-hydrogen) atoms. The Morgan fingerprint density at radius 3 is 1.29 bits per heavy atom. The van der Waals surface area contributed by atoms with E-state index in [1.807, 2.05) is 0 Å². The van der Waals surface area contributed by atoms with Gasteiger partial charge >= 0.3 is 84.5 Å². The van der Waals surface area contributed by atoms with Crippen molar-refractivity contribution in [2.75, 3.05) is 0 Å². The molecule has 1 rings (SSSR count). The van der Waals surface area contributed by atoms with Gasteiger partial charge in [0.25, 0.3) is 0 Å². The Labute approximate surface area is 134 Å². The summed E-state index contributed by atoms with van der Waals surface area (Å²) < 4.78 is 1.67. The van der Waals surface area contributed by atoms with E-state index in [4.69, 9.17) is 0 Å². The number of hydrogen-bond donors (Lipinski definition) is 0. The van der Waals surface area contributed by atoms with E-state index in [1.165, 1.54) is 29.9 Å². The summed E-state index contributed by atoms with van der Waals surface area (Å²) in [6.07, 6.45) is 0. The number of hydrogen-bond acceptors (Lipinski definition) is 0. The third-order valence-corrected chi connectivity index (χ3v) is 6.66. The standard InChI is InChI=1S/C10H15.3BrH.Hf/c1-7-6-10(4,5)9(3)8(7)2;;;;/h1-5H3;3*1H;. The Morgan fingerprint density at radius 2 is 1.21 bits per heavy atom. The summed E-state index contributed by atoms with van der Waals surface area (Å²) in [5.41, 5.74) is 5.03. The van der Waals surface area contributed by atoms with Crippen LogP contribution in [0.25, 0.3) is 0 Å². The van der Waals surface area contributed by atoms with Crippen LogP contribution in [0.5, 0.6) is 0 Å². The molecule has 83 valence electrons. The molecule has 0 saturated carbocycles. The zero-order valence-electron chi connectivity index (χ0n) is 9.22. The van der Waals surface area contributed by atoms with Gasteiger partial charge in [-0.3, -0.25) is 0 Å². The Morgan fingerprint density at radius 1 is 0.857 bits per heavy atom. The molecular formula is C10H18Br3Hf. The van der Waals surface area contributed by atoms with Gasteiger partial charge in [0.15, 0.2) is 0 Å². The van der Waals surface area contributed by atoms with Crippen molar-refractivity contribution >= 4 is 50.9 Å². The second-order valence-corrected chi connectivity index (χ2v) is 5.67. The maximum absolute atomic E-state index is 2.34. The minimum absolute atomic E-state index is 0. The van der Waals surface area contributed by atoms with E-state index in [0.29, 0.717) is 5.41 Å². The molecule has 1 aliphatic carbocycles. The molecule has 0 aromatic heterocycles. The zero-order chi connectivity index (χ0) is 8.81. The third-order valence-electron chi connectivity index (χ3n) is 3.06. The van der Waals surface area contributed by atoms with Crippen molar-refractivity contribution in [1.82, 2.24) is 0 Å². The van der Waals surface area contributed by atoms with Crippen molar-refractivity contribution in [2.45, 2.75) is 34.6 Å². The second kappa shape index (κ2) is 7.18. The fourth-order valence-electron chi connectivity index (χ4n) is 1.59. The van der Waals surface area contributed by atoms with E-state index in [0.717, 1.165) is 0 Å². The SMILES string of the molecule is Br.Br.Br.CC1=C(C)C(C)(C)[C]([Hf])=C1C. The Hall–Kier alpha value is 1.79. The van der Waals surface area contributed by atoms with Gasteiger partial charge in [-0.2, -0.15) is 0 Å². The van der Waals surface area contributed by atoms with E-state index in [1.54, 1.807) is 14.5 Å². The molecule has 0 fully saturated rings. The van der Waals surface area contributed by atoms with E-state index < -0.39 is 0 Å². The van der Waals surface area contributed by atoms with Gasteiger partial charge in [0.05, 0.1) is 0 Å². The monoisotopic (exact) mass is 555 g/mol. The van der Waals surface area contributed by atoms with Crippen molar-refractivity contribution in [3.8, 4) is 0 Å². The van der Waals surface area contributed by atoms with Crippen LogP contribution in [0.4, 0.5) is 0 Å². The summed E-state index contributed by atoms with van der Waals surface area (Å²) in [7, 11) is 0. The van der Waals surface area contributed by atoms with Gasteiger partial charge in [0.2, 0.25) is 0 Å². The molecule has 0 nitrogen and oxygen atoms in total. The molecule has 1 aliphatic rings. The molecule has 0 aliphatic heterocycles. The summed E-state index contributed by atoms with van der Waals surface area (Å²) in [4.78, 5) is 0. The Bertz CT molecular complexity index is 239. The van der Waals surface area contributed by atoms with Crippen LogP contribution < -0.4 is 0 Å². The van der Waals surface area contributed by atoms with Gasteiger partial charge in [0.1, 0.15) is 0 Å². The molecular weight excluding hydrogens is 538 g/mol. The van der Waals surface area contributed by atoms with Crippen LogP contribution in [0.15, 0.2) is 20.0 Å². The minimum atomic E-state index is 0. The Balaban J connectivity index is -0.000000403. The third kappa shape index (κ3) is 3.39. The van der Waals surface area contributed by atoms with Gasteiger partial charge in [-0.15, -0.1) is 50.9 Å². The first-order valence-corrected chi connectivity index (χ1v) is 5.80. The molecule has 0 bridgehead atoms. The first-order valence-electron chi connectivity index (χ1n) is 4.00. The second-order valence-electron chi connectivity index (χ2n) is 3.88. The van der Waals surface area contributed by atoms with Gasteiger partial charge in [-0.1, -0.05) is 0 Å². The van der Waals surface area contributed by atoms with Crippen LogP contribution in [0.2, 0.25) is 0 Å². The molecule has 0 aromatic carbocycles. The fourth-order valence-corrected chi connectivity index (χ4v) is 2.94. The predicted octanol–water partition coefficient (Wildman–Crippen LogP) is 4.92. The van der Waals surface area contributed by atoms with E-state index >= 15 is 0 Å². The molecule has 0 N–H and O–H groups in total. The summed E-state index contributed by atoms with van der Waals surface area (Å²) in [5.74, 6) is 0. The van der Waals surface area contributed by atoms with Crippen molar-refractivity contribution in [3.05, 3.63) is 20.0 Å². The van der Waals surface area contributed by atoms with Gasteiger partial charge in [-0.25, -0.2) is 0 Å². The molecule has 0 unspecified atom stereocenters. The van der Waals surface area contributed by atoms with Gasteiger partial charge in [0, 0.05) is 0 Å². The molecule has 4 heteroatoms. The summed E-state index contributed by atoms with van der Waals surface area (Å²) in [6.45, 7) is 11.5. The molecule has 0 saturated heterocycles. The number of rotatable bonds is 0. The van der Waals surface area contributed by atoms with Crippen LogP contribution in [0, 0.1) is 5.41 Å². The summed E-state index contributed by atoms with van der Waals surface area (Å²) >= 11 is 1.21. The van der Waals surface area contributed by atoms with Crippen LogP contribution in [-0.2, 0) is 24.4 Å². The zero-order valence-corrected chi connectivity index (χ0v) is 18.0. The van der Waals surface area contributed by atoms with E-state index in [-0.39, 0.29) is 50.9 Å². The van der Waals surface area contributed by atoms with Crippen LogP contribution >= 0.6 is 50.9 Å². The molecule has 0 atom stereocenters. The van der Waals surface area contributed by atoms with Gasteiger partial charge < -0.3 is 0 Å². The predicted molar refractivity (Wildman–Crippen MR) is 75.8 cm³/mol. The maximum atomic E-state index is 2.34. The van der Waals surface area contributed by atoms with Gasteiger partial charge in [-0.05, 0) is 0 Å². The molecule has 0 heterocycles. The van der Waals surface area contributed by atoms with Crippen molar-refractivity contribution < 1.29 is 24.4 Å². The number of allylic oxidation sites excluding steroid dienone is 4. The molecule has 0 spiro atoms. The average molecular weight is 556 g/mol. The molecule has 0 radical (unpaired) electrons. The van der Waals surface area contributed by atoms with Crippen molar-refractivity contribution in [3.63, 3.8) is 0 Å². The fraction of sp³-hybridized carbons (Fsp3) is 0.600. The van der Waals surface area contributed by atoms with E-state index in [9.17, 15) is 0 Å². The first-order chi connectivity index (χ1) is 4.89. The average Bonchev–Trinajstić information content (AvgIpc) is 2.06. The van der Waals surface area contributed by atoms with Crippen LogP contribution in [0.3, 0.4) is 0 Å². The Kier molecular flexibility index (Phi) is 10.8. The van der Waals surface area contributed by atoms with Crippen LogP contribution in [-0.4, -0.2) is 0 Å². The summed E-state index contributed by atoms with van der Waals surface area (Å²) in [6, 6.07) is 0. The van der Waals surface area contributed by atoms with Crippen LogP contribution in [0.1, 0.15) is 34.6 Å². The van der Waals surface area contributed by atoms with E-state index in [2.05, 4.69) is 34.6 Å².